The van der Waals surface area contributed by atoms with Gasteiger partial charge in [-0.15, -0.1) is 27.9 Å². The lowest BCUT2D eigenvalue weighted by atomic mass is 10.2. The van der Waals surface area contributed by atoms with Crippen molar-refractivity contribution in [2.45, 2.75) is 26.4 Å². The van der Waals surface area contributed by atoms with Crippen LogP contribution >= 0.6 is 23.5 Å². The zero-order valence-corrected chi connectivity index (χ0v) is 14.4. The first-order valence-corrected chi connectivity index (χ1v) is 9.45. The Morgan fingerprint density at radius 1 is 1.26 bits per heavy atom. The van der Waals surface area contributed by atoms with Gasteiger partial charge < -0.3 is 9.84 Å². The van der Waals surface area contributed by atoms with Crippen LogP contribution in [0, 0.1) is 0 Å². The van der Waals surface area contributed by atoms with Crippen molar-refractivity contribution < 1.29 is 23.1 Å². The number of ether oxygens (including phenoxy) is 1. The topological polar surface area (TPSA) is 93.0 Å². The third kappa shape index (κ3) is 17.8. The van der Waals surface area contributed by atoms with E-state index in [1.165, 1.54) is 23.5 Å². The van der Waals surface area contributed by atoms with E-state index in [2.05, 4.69) is 4.40 Å². The Morgan fingerprint density at radius 3 is 1.79 bits per heavy atom. The first-order valence-electron chi connectivity index (χ1n) is 5.15. The number of thioether (sulfide) groups is 2. The van der Waals surface area contributed by atoms with Gasteiger partial charge in [-0.05, 0) is 33.3 Å². The monoisotopic (exact) mass is 331 g/mol. The summed E-state index contributed by atoms with van der Waals surface area (Å²) in [6.45, 7) is 4.71. The Hall–Kier alpha value is -0.250. The number of nitrogens with zero attached hydrogens (tertiary/aromatic N) is 1. The van der Waals surface area contributed by atoms with Crippen molar-refractivity contribution in [1.29, 1.82) is 0 Å². The predicted octanol–water partition coefficient (Wildman–Crippen LogP) is 1.35. The Balaban J connectivity index is 0. The molecule has 0 aliphatic rings. The molecule has 0 aromatic heterocycles. The summed E-state index contributed by atoms with van der Waals surface area (Å²) in [4.78, 5) is 10.4. The highest BCUT2D eigenvalue weighted by Gasteiger charge is 2.14. The van der Waals surface area contributed by atoms with Gasteiger partial charge in [0.2, 0.25) is 0 Å². The minimum atomic E-state index is -3.20. The maximum atomic E-state index is 10.5. The number of hydrogen-bond donors (Lipinski definition) is 1. The van der Waals surface area contributed by atoms with Gasteiger partial charge in [-0.2, -0.15) is 0 Å². The smallest absolute Gasteiger partial charge is 0.332 e. The quantitative estimate of drug-likeness (QED) is 0.464. The minimum absolute atomic E-state index is 0.486. The number of carbonyl (C=O) groups is 1. The molecule has 114 valence electrons. The number of aliphatic hydroxyl groups is 1. The average molecular weight is 331 g/mol. The summed E-state index contributed by atoms with van der Waals surface area (Å²) in [6.07, 6.45) is 4.67. The molecule has 6 nitrogen and oxygen atoms in total. The van der Waals surface area contributed by atoms with Crippen LogP contribution in [0.15, 0.2) is 4.40 Å². The molecule has 0 saturated carbocycles. The zero-order valence-electron chi connectivity index (χ0n) is 12.0. The fraction of sp³-hybridized carbons (Fsp3) is 0.800. The summed E-state index contributed by atoms with van der Waals surface area (Å²) < 4.78 is 29.8. The number of sulfonamides is 1. The van der Waals surface area contributed by atoms with Crippen LogP contribution in [0.25, 0.3) is 0 Å². The van der Waals surface area contributed by atoms with E-state index in [1.807, 2.05) is 0 Å². The second kappa shape index (κ2) is 9.62. The second-order valence-electron chi connectivity index (χ2n) is 4.24. The molecule has 0 saturated heterocycles. The van der Waals surface area contributed by atoms with Crippen molar-refractivity contribution >= 4 is 43.9 Å². The van der Waals surface area contributed by atoms with Crippen LogP contribution in [0.2, 0.25) is 0 Å². The maximum Gasteiger partial charge on any atom is 0.332 e. The summed E-state index contributed by atoms with van der Waals surface area (Å²) in [6, 6.07) is 0. The van der Waals surface area contributed by atoms with E-state index in [9.17, 15) is 13.2 Å². The van der Waals surface area contributed by atoms with Gasteiger partial charge in [0.05, 0.1) is 6.26 Å². The molecule has 0 aliphatic heterocycles. The Kier molecular flexibility index (Phi) is 10.7. The molecule has 0 aromatic carbocycles. The highest BCUT2D eigenvalue weighted by molar-refractivity contribution is 8.38. The van der Waals surface area contributed by atoms with Crippen LogP contribution in [0.4, 0.5) is 0 Å². The molecule has 0 heterocycles. The van der Waals surface area contributed by atoms with Crippen LogP contribution in [0.5, 0.6) is 0 Å². The molecule has 0 spiro atoms. The number of carbonyl (C=O) groups excluding carboxylic acids is 1. The zero-order chi connectivity index (χ0) is 15.7. The molecular formula is C10H21NO5S3. The fourth-order valence-corrected chi connectivity index (χ4v) is 3.01. The predicted molar refractivity (Wildman–Crippen MR) is 82.2 cm³/mol. The summed E-state index contributed by atoms with van der Waals surface area (Å²) in [5, 5.41) is 8.22. The van der Waals surface area contributed by atoms with Gasteiger partial charge in [0.25, 0.3) is 10.0 Å². The van der Waals surface area contributed by atoms with Crippen molar-refractivity contribution in [3.05, 3.63) is 0 Å². The molecule has 0 atom stereocenters. The van der Waals surface area contributed by atoms with Crippen molar-refractivity contribution in [2.75, 3.05) is 25.4 Å². The molecule has 0 bridgehead atoms. The molecule has 0 aromatic rings. The van der Waals surface area contributed by atoms with Gasteiger partial charge >= 0.3 is 5.97 Å². The molecule has 0 rings (SSSR count). The largest absolute Gasteiger partial charge is 0.458 e. The molecule has 0 unspecified atom stereocenters. The van der Waals surface area contributed by atoms with Crippen LogP contribution in [-0.2, 0) is 19.6 Å². The van der Waals surface area contributed by atoms with E-state index < -0.39 is 28.2 Å². The minimum Gasteiger partial charge on any atom is -0.458 e. The number of aliphatic hydroxyl groups excluding tert-OH is 1. The van der Waals surface area contributed by atoms with Crippen molar-refractivity contribution in [1.82, 2.24) is 0 Å². The first-order chi connectivity index (χ1) is 8.45. The molecule has 1 N–H and O–H groups in total. The Morgan fingerprint density at radius 2 is 1.68 bits per heavy atom. The Labute approximate surface area is 123 Å². The van der Waals surface area contributed by atoms with E-state index in [4.69, 9.17) is 9.84 Å². The van der Waals surface area contributed by atoms with Gasteiger partial charge in [-0.3, -0.25) is 0 Å². The van der Waals surface area contributed by atoms with Gasteiger partial charge in [-0.1, -0.05) is 0 Å². The van der Waals surface area contributed by atoms with Gasteiger partial charge in [0.15, 0.2) is 0 Å². The lowest BCUT2D eigenvalue weighted by Gasteiger charge is -2.18. The summed E-state index contributed by atoms with van der Waals surface area (Å²) in [7, 11) is -3.20. The molecule has 9 heteroatoms. The SMILES string of the molecule is CC(C)(C)OC(=O)CO.CSC(=NS(C)(=O)=O)SC. The summed E-state index contributed by atoms with van der Waals surface area (Å²) >= 11 is 2.66. The van der Waals surface area contributed by atoms with Crippen LogP contribution < -0.4 is 0 Å². The van der Waals surface area contributed by atoms with Crippen molar-refractivity contribution in [3.63, 3.8) is 0 Å². The van der Waals surface area contributed by atoms with E-state index >= 15 is 0 Å². The fourth-order valence-electron chi connectivity index (χ4n) is 0.667. The van der Waals surface area contributed by atoms with E-state index in [0.29, 0.717) is 4.38 Å². The van der Waals surface area contributed by atoms with E-state index in [-0.39, 0.29) is 0 Å². The molecule has 0 radical (unpaired) electrons. The maximum absolute atomic E-state index is 10.5. The van der Waals surface area contributed by atoms with Gasteiger partial charge in [0.1, 0.15) is 16.6 Å². The van der Waals surface area contributed by atoms with E-state index in [0.717, 1.165) is 6.26 Å². The summed E-state index contributed by atoms with van der Waals surface area (Å²) in [5.41, 5.74) is -0.486. The number of esters is 1. The normalized spacial score (nSPS) is 11.1. The van der Waals surface area contributed by atoms with E-state index in [1.54, 1.807) is 33.3 Å². The van der Waals surface area contributed by atoms with Crippen molar-refractivity contribution in [3.8, 4) is 0 Å². The molecular weight excluding hydrogens is 310 g/mol. The van der Waals surface area contributed by atoms with Crippen LogP contribution in [-0.4, -0.2) is 54.8 Å². The van der Waals surface area contributed by atoms with Crippen molar-refractivity contribution in [2.24, 2.45) is 4.40 Å². The van der Waals surface area contributed by atoms with Gasteiger partial charge in [0, 0.05) is 0 Å². The molecule has 0 fully saturated rings. The van der Waals surface area contributed by atoms with Crippen LogP contribution in [0.3, 0.4) is 0 Å². The Bertz CT molecular complexity index is 392. The second-order valence-corrected chi connectivity index (χ2v) is 7.74. The number of hydrogen-bond acceptors (Lipinski definition) is 7. The first kappa shape index (κ1) is 21.1. The summed E-state index contributed by atoms with van der Waals surface area (Å²) in [5.74, 6) is -0.581. The molecule has 0 amide bonds. The average Bonchev–Trinajstić information content (AvgIpc) is 2.23. The lowest BCUT2D eigenvalue weighted by molar-refractivity contribution is -0.158. The highest BCUT2D eigenvalue weighted by Crippen LogP contribution is 2.11. The third-order valence-electron chi connectivity index (χ3n) is 1.14. The number of rotatable bonds is 2. The van der Waals surface area contributed by atoms with Gasteiger partial charge in [-0.25, -0.2) is 13.2 Å². The highest BCUT2D eigenvalue weighted by atomic mass is 32.2. The lowest BCUT2D eigenvalue weighted by Crippen LogP contribution is -2.25. The van der Waals surface area contributed by atoms with Crippen LogP contribution in [0.1, 0.15) is 20.8 Å². The molecule has 19 heavy (non-hydrogen) atoms. The standard InChI is InChI=1S/C6H12O3.C4H9NO2S3/c1-6(2,3)9-5(8)4-7;1-8-4(9-2)5-10(3,6)7/h7H,4H2,1-3H3;1-3H3. The third-order valence-corrected chi connectivity index (χ3v) is 3.77. The molecule has 0 aliphatic carbocycles.